The highest BCUT2D eigenvalue weighted by atomic mass is 79.9. The van der Waals surface area contributed by atoms with E-state index >= 15 is 0 Å². The number of amides is 2. The van der Waals surface area contributed by atoms with E-state index < -0.39 is 0 Å². The fraction of sp³-hybridized carbons (Fsp3) is 0.304. The minimum absolute atomic E-state index is 0.0430. The Bertz CT molecular complexity index is 1480. The minimum Gasteiger partial charge on any atom is -0.350 e. The molecule has 5 rings (SSSR count). The predicted octanol–water partition coefficient (Wildman–Crippen LogP) is 1.87. The third-order valence-electron chi connectivity index (χ3n) is 6.89. The molecule has 0 radical (unpaired) electrons. The van der Waals surface area contributed by atoms with Gasteiger partial charge in [0, 0.05) is 37.2 Å². The molecule has 2 amide bonds. The molecule has 1 aliphatic rings. The highest BCUT2D eigenvalue weighted by molar-refractivity contribution is 9.13. The number of nitrogens with two attached hydrogens (primary N) is 2. The molecule has 0 saturated heterocycles. The zero-order chi connectivity index (χ0) is 27.1. The summed E-state index contributed by atoms with van der Waals surface area (Å²) in [5, 5.41) is 6.16. The third kappa shape index (κ3) is 5.27. The maximum Gasteiger partial charge on any atom is 0.350 e. The molecular formula is C23H27Br3N10O2+2. The van der Waals surface area contributed by atoms with E-state index in [2.05, 4.69) is 83.3 Å². The van der Waals surface area contributed by atoms with Gasteiger partial charge in [-0.25, -0.2) is 19.9 Å². The Hall–Kier alpha value is -3.04. The molecule has 0 bridgehead atoms. The number of aromatic nitrogens is 6. The molecule has 15 heteroatoms. The SMILES string of the molecule is Cn1cc(Br)cc1C(=O)NCC1Cc2[nH]c(N)[nH+]c2C(c2c[nH+]c(N)[nH]2)[C@@H]1CNC(=O)c1cc(Br)c(Br)[nH]1. The van der Waals surface area contributed by atoms with Gasteiger partial charge in [0.15, 0.2) is 0 Å². The number of hydrogen-bond donors (Lipinski definition) is 7. The van der Waals surface area contributed by atoms with Gasteiger partial charge in [-0.1, -0.05) is 0 Å². The second-order valence-electron chi connectivity index (χ2n) is 9.36. The van der Waals surface area contributed by atoms with Crippen molar-refractivity contribution in [2.45, 2.75) is 12.3 Å². The number of H-pyrrole nitrogens is 5. The summed E-state index contributed by atoms with van der Waals surface area (Å²) >= 11 is 10.2. The van der Waals surface area contributed by atoms with Gasteiger partial charge < -0.3 is 20.2 Å². The number of anilines is 2. The lowest BCUT2D eigenvalue weighted by atomic mass is 9.71. The molecule has 0 aromatic carbocycles. The Morgan fingerprint density at radius 1 is 1.08 bits per heavy atom. The van der Waals surface area contributed by atoms with Crippen molar-refractivity contribution in [3.63, 3.8) is 0 Å². The average molecular weight is 715 g/mol. The summed E-state index contributed by atoms with van der Waals surface area (Å²) in [6.07, 6.45) is 4.27. The van der Waals surface area contributed by atoms with Crippen molar-refractivity contribution >= 4 is 71.5 Å². The van der Waals surface area contributed by atoms with Crippen LogP contribution in [0, 0.1) is 11.8 Å². The molecular weight excluding hydrogens is 688 g/mol. The van der Waals surface area contributed by atoms with Crippen LogP contribution in [0.2, 0.25) is 0 Å². The smallest absolute Gasteiger partial charge is 0.350 e. The van der Waals surface area contributed by atoms with Crippen LogP contribution in [0.3, 0.4) is 0 Å². The summed E-state index contributed by atoms with van der Waals surface area (Å²) in [5.74, 6) is 0.0517. The Kier molecular flexibility index (Phi) is 7.42. The van der Waals surface area contributed by atoms with Gasteiger partial charge in [0.05, 0.1) is 21.2 Å². The number of fused-ring (bicyclic) bond motifs is 1. The molecule has 1 aliphatic carbocycles. The molecule has 11 N–H and O–H groups in total. The lowest BCUT2D eigenvalue weighted by molar-refractivity contribution is -0.375. The standard InChI is InChI=1S/C23H25Br3N10O2/c1-36-8-10(24)3-16(36)21(38)29-5-9-2-13-18(35-23(28)33-13)17(15-7-31-22(27)34-15)11(9)6-30-20(37)14-4-12(25)19(26)32-14/h3-4,7-9,11,17,32H,2,5-6H2,1H3,(H,29,38)(H,30,37)(H3,27,31,34)(H3,28,33,35)/p+2/t9?,11-,17?/m1/s1. The van der Waals surface area contributed by atoms with Crippen molar-refractivity contribution in [2.75, 3.05) is 24.6 Å². The van der Waals surface area contributed by atoms with Crippen LogP contribution in [0.4, 0.5) is 11.9 Å². The van der Waals surface area contributed by atoms with E-state index in [1.807, 2.05) is 19.4 Å². The summed E-state index contributed by atoms with van der Waals surface area (Å²) in [7, 11) is 1.82. The number of nitrogen functional groups attached to an aromatic ring is 2. The zero-order valence-electron chi connectivity index (χ0n) is 20.2. The number of carbonyl (C=O) groups is 2. The molecule has 4 aromatic heterocycles. The summed E-state index contributed by atoms with van der Waals surface area (Å²) in [4.78, 5) is 41.7. The molecule has 0 saturated carbocycles. The first-order chi connectivity index (χ1) is 18.1. The highest BCUT2D eigenvalue weighted by Gasteiger charge is 2.44. The molecule has 2 unspecified atom stereocenters. The Labute approximate surface area is 242 Å². The van der Waals surface area contributed by atoms with Gasteiger partial charge in [0.2, 0.25) is 0 Å². The van der Waals surface area contributed by atoms with Crippen LogP contribution in [-0.4, -0.2) is 44.4 Å². The molecule has 4 aromatic rings. The largest absolute Gasteiger partial charge is 0.350 e. The fourth-order valence-electron chi connectivity index (χ4n) is 5.15. The lowest BCUT2D eigenvalue weighted by Gasteiger charge is -2.35. The molecule has 3 atom stereocenters. The second kappa shape index (κ2) is 10.6. The monoisotopic (exact) mass is 712 g/mol. The molecule has 12 nitrogen and oxygen atoms in total. The van der Waals surface area contributed by atoms with Gasteiger partial charge in [-0.2, -0.15) is 0 Å². The number of imidazole rings is 2. The summed E-state index contributed by atoms with van der Waals surface area (Å²) < 4.78 is 4.04. The summed E-state index contributed by atoms with van der Waals surface area (Å²) in [6, 6.07) is 3.49. The number of nitrogens with one attached hydrogen (secondary N) is 7. The van der Waals surface area contributed by atoms with Crippen molar-refractivity contribution in [3.8, 4) is 0 Å². The van der Waals surface area contributed by atoms with Crippen LogP contribution in [0.15, 0.2) is 38.1 Å². The van der Waals surface area contributed by atoms with Gasteiger partial charge in [-0.15, -0.1) is 0 Å². The summed E-state index contributed by atoms with van der Waals surface area (Å²) in [6.45, 7) is 0.724. The Balaban J connectivity index is 1.44. The van der Waals surface area contributed by atoms with Gasteiger partial charge in [0.1, 0.15) is 28.5 Å². The predicted molar refractivity (Wildman–Crippen MR) is 150 cm³/mol. The molecule has 0 fully saturated rings. The van der Waals surface area contributed by atoms with E-state index in [0.717, 1.165) is 26.0 Å². The van der Waals surface area contributed by atoms with E-state index in [1.165, 1.54) is 0 Å². The number of rotatable bonds is 7. The van der Waals surface area contributed by atoms with Crippen molar-refractivity contribution in [1.29, 1.82) is 0 Å². The topological polar surface area (TPSA) is 191 Å². The van der Waals surface area contributed by atoms with Gasteiger partial charge in [-0.05, 0) is 71.8 Å². The van der Waals surface area contributed by atoms with E-state index in [0.29, 0.717) is 47.4 Å². The molecule has 200 valence electrons. The van der Waals surface area contributed by atoms with Crippen LogP contribution in [-0.2, 0) is 13.5 Å². The van der Waals surface area contributed by atoms with Gasteiger partial charge in [-0.3, -0.25) is 21.1 Å². The van der Waals surface area contributed by atoms with Crippen LogP contribution in [0.5, 0.6) is 0 Å². The number of halogens is 3. The molecule has 0 aliphatic heterocycles. The van der Waals surface area contributed by atoms with Crippen LogP contribution in [0.25, 0.3) is 0 Å². The molecule has 0 spiro atoms. The van der Waals surface area contributed by atoms with Crippen molar-refractivity contribution < 1.29 is 19.6 Å². The number of carbonyl (C=O) groups excluding carboxylic acids is 2. The van der Waals surface area contributed by atoms with Crippen molar-refractivity contribution in [2.24, 2.45) is 18.9 Å². The Morgan fingerprint density at radius 3 is 2.47 bits per heavy atom. The fourth-order valence-corrected chi connectivity index (χ4v) is 6.33. The maximum atomic E-state index is 13.0. The Morgan fingerprint density at radius 2 is 1.84 bits per heavy atom. The third-order valence-corrected chi connectivity index (χ3v) is 9.10. The van der Waals surface area contributed by atoms with Crippen LogP contribution in [0.1, 0.15) is 44.0 Å². The molecule has 4 heterocycles. The van der Waals surface area contributed by atoms with Crippen molar-refractivity contribution in [1.82, 2.24) is 30.2 Å². The second-order valence-corrected chi connectivity index (χ2v) is 11.9. The van der Waals surface area contributed by atoms with E-state index in [9.17, 15) is 9.59 Å². The number of hydrogen-bond acceptors (Lipinski definition) is 4. The van der Waals surface area contributed by atoms with Crippen LogP contribution < -0.4 is 32.1 Å². The number of aryl methyl sites for hydroxylation is 1. The number of aromatic amines is 5. The highest BCUT2D eigenvalue weighted by Crippen LogP contribution is 2.41. The van der Waals surface area contributed by atoms with E-state index in [-0.39, 0.29) is 29.6 Å². The quantitative estimate of drug-likeness (QED) is 0.154. The van der Waals surface area contributed by atoms with Crippen molar-refractivity contribution in [3.05, 3.63) is 66.5 Å². The first-order valence-electron chi connectivity index (χ1n) is 11.8. The van der Waals surface area contributed by atoms with Crippen LogP contribution >= 0.6 is 47.8 Å². The normalized spacial score (nSPS) is 18.8. The van der Waals surface area contributed by atoms with E-state index in [4.69, 9.17) is 11.5 Å². The maximum absolute atomic E-state index is 13.0. The summed E-state index contributed by atoms with van der Waals surface area (Å²) in [5.41, 5.74) is 15.8. The average Bonchev–Trinajstić information content (AvgIpc) is 3.62. The zero-order valence-corrected chi connectivity index (χ0v) is 25.0. The van der Waals surface area contributed by atoms with Gasteiger partial charge >= 0.3 is 11.9 Å². The first kappa shape index (κ1) is 26.6. The van der Waals surface area contributed by atoms with Gasteiger partial charge in [0.25, 0.3) is 11.8 Å². The molecule has 38 heavy (non-hydrogen) atoms. The van der Waals surface area contributed by atoms with E-state index in [1.54, 1.807) is 16.7 Å². The minimum atomic E-state index is -0.243. The first-order valence-corrected chi connectivity index (χ1v) is 14.2. The lowest BCUT2D eigenvalue weighted by Crippen LogP contribution is -2.45. The number of nitrogens with zero attached hydrogens (tertiary/aromatic N) is 1.